The van der Waals surface area contributed by atoms with Crippen LogP contribution in [0.5, 0.6) is 5.75 Å². The first-order chi connectivity index (χ1) is 14.8. The Balaban J connectivity index is 1.63. The number of rotatable bonds is 7. The van der Waals surface area contributed by atoms with Crippen LogP contribution in [0.1, 0.15) is 21.7 Å². The number of nitrogens with one attached hydrogen (secondary N) is 3. The van der Waals surface area contributed by atoms with Crippen molar-refractivity contribution in [1.82, 2.24) is 5.32 Å². The van der Waals surface area contributed by atoms with E-state index in [1.165, 1.54) is 42.7 Å². The molecule has 3 N–H and O–H groups in total. The molecule has 2 aromatic carbocycles. The van der Waals surface area contributed by atoms with Crippen molar-refractivity contribution in [3.8, 4) is 5.75 Å². The molecule has 0 bridgehead atoms. The zero-order valence-electron chi connectivity index (χ0n) is 16.2. The lowest BCUT2D eigenvalue weighted by molar-refractivity contribution is -0.0504. The standard InChI is InChI=1S/C21H18F3N3O4/c1-12-15(8-9-30-12)19(28)27-17-10-14(6-7-16(17)22)26-21(29)25-11-13-4-2-3-5-18(13)31-20(23)24/h2-10,20H,11H2,1H3,(H,27,28)(H2,25,26,29). The molecule has 0 spiro atoms. The Morgan fingerprint density at radius 3 is 2.58 bits per heavy atom. The highest BCUT2D eigenvalue weighted by molar-refractivity contribution is 6.05. The smallest absolute Gasteiger partial charge is 0.387 e. The quantitative estimate of drug-likeness (QED) is 0.494. The van der Waals surface area contributed by atoms with E-state index in [2.05, 4.69) is 20.7 Å². The minimum Gasteiger partial charge on any atom is -0.469 e. The number of carbonyl (C=O) groups is 2. The lowest BCUT2D eigenvalue weighted by Crippen LogP contribution is -2.28. The SMILES string of the molecule is Cc1occc1C(=O)Nc1cc(NC(=O)NCc2ccccc2OC(F)F)ccc1F. The fourth-order valence-corrected chi connectivity index (χ4v) is 2.72. The lowest BCUT2D eigenvalue weighted by atomic mass is 10.2. The summed E-state index contributed by atoms with van der Waals surface area (Å²) in [4.78, 5) is 24.4. The molecule has 0 radical (unpaired) electrons. The van der Waals surface area contributed by atoms with Crippen molar-refractivity contribution in [2.75, 3.05) is 10.6 Å². The lowest BCUT2D eigenvalue weighted by Gasteiger charge is -2.13. The van der Waals surface area contributed by atoms with Crippen LogP contribution in [0.3, 0.4) is 0 Å². The molecule has 3 rings (SSSR count). The molecule has 162 valence electrons. The van der Waals surface area contributed by atoms with Crippen LogP contribution < -0.4 is 20.7 Å². The van der Waals surface area contributed by atoms with Crippen LogP contribution in [-0.4, -0.2) is 18.5 Å². The van der Waals surface area contributed by atoms with E-state index in [0.29, 0.717) is 11.3 Å². The van der Waals surface area contributed by atoms with Crippen LogP contribution in [0.4, 0.5) is 29.3 Å². The molecule has 3 aromatic rings. The molecule has 10 heteroatoms. The van der Waals surface area contributed by atoms with Gasteiger partial charge in [0.25, 0.3) is 5.91 Å². The van der Waals surface area contributed by atoms with E-state index in [1.54, 1.807) is 13.0 Å². The van der Waals surface area contributed by atoms with Gasteiger partial charge in [-0.2, -0.15) is 8.78 Å². The maximum atomic E-state index is 14.1. The number of hydrogen-bond donors (Lipinski definition) is 3. The second-order valence-corrected chi connectivity index (χ2v) is 6.33. The van der Waals surface area contributed by atoms with Gasteiger partial charge in [0, 0.05) is 17.8 Å². The van der Waals surface area contributed by atoms with E-state index in [0.717, 1.165) is 6.07 Å². The summed E-state index contributed by atoms with van der Waals surface area (Å²) in [6.45, 7) is -1.48. The van der Waals surface area contributed by atoms with Crippen molar-refractivity contribution in [3.05, 3.63) is 77.5 Å². The molecule has 0 saturated carbocycles. The van der Waals surface area contributed by atoms with Crippen molar-refractivity contribution < 1.29 is 31.9 Å². The van der Waals surface area contributed by atoms with Gasteiger partial charge in [-0.15, -0.1) is 0 Å². The number of aryl methyl sites for hydroxylation is 1. The van der Waals surface area contributed by atoms with Crippen LogP contribution in [0, 0.1) is 12.7 Å². The molecule has 0 aliphatic carbocycles. The predicted octanol–water partition coefficient (Wildman–Crippen LogP) is 4.90. The highest BCUT2D eigenvalue weighted by Gasteiger charge is 2.15. The predicted molar refractivity (Wildman–Crippen MR) is 107 cm³/mol. The molecule has 0 aliphatic heterocycles. The summed E-state index contributed by atoms with van der Waals surface area (Å²) >= 11 is 0. The highest BCUT2D eigenvalue weighted by Crippen LogP contribution is 2.22. The van der Waals surface area contributed by atoms with Crippen LogP contribution in [0.15, 0.2) is 59.2 Å². The first kappa shape index (κ1) is 21.8. The van der Waals surface area contributed by atoms with E-state index in [1.807, 2.05) is 0 Å². The normalized spacial score (nSPS) is 10.6. The van der Waals surface area contributed by atoms with Crippen molar-refractivity contribution >= 4 is 23.3 Å². The third-order valence-electron chi connectivity index (χ3n) is 4.20. The topological polar surface area (TPSA) is 92.6 Å². The van der Waals surface area contributed by atoms with E-state index in [4.69, 9.17) is 4.42 Å². The number of benzene rings is 2. The summed E-state index contributed by atoms with van der Waals surface area (Å²) in [5.74, 6) is -0.942. The number of amides is 3. The maximum Gasteiger partial charge on any atom is 0.387 e. The van der Waals surface area contributed by atoms with Crippen LogP contribution >= 0.6 is 0 Å². The molecule has 1 heterocycles. The van der Waals surface area contributed by atoms with Crippen molar-refractivity contribution in [1.29, 1.82) is 0 Å². The average Bonchev–Trinajstić information content (AvgIpc) is 3.15. The van der Waals surface area contributed by atoms with Gasteiger partial charge in [0.1, 0.15) is 17.3 Å². The van der Waals surface area contributed by atoms with Gasteiger partial charge in [0.2, 0.25) is 0 Å². The number of anilines is 2. The second kappa shape index (κ2) is 9.70. The monoisotopic (exact) mass is 433 g/mol. The van der Waals surface area contributed by atoms with Gasteiger partial charge in [0.05, 0.1) is 17.5 Å². The number of furan rings is 1. The Hall–Kier alpha value is -3.95. The zero-order valence-corrected chi connectivity index (χ0v) is 16.2. The third kappa shape index (κ3) is 5.78. The number of hydrogen-bond acceptors (Lipinski definition) is 4. The van der Waals surface area contributed by atoms with Crippen LogP contribution in [0.25, 0.3) is 0 Å². The van der Waals surface area contributed by atoms with Gasteiger partial charge in [-0.05, 0) is 37.3 Å². The number of halogens is 3. The van der Waals surface area contributed by atoms with Gasteiger partial charge in [0.15, 0.2) is 0 Å². The van der Waals surface area contributed by atoms with E-state index < -0.39 is 24.4 Å². The third-order valence-corrected chi connectivity index (χ3v) is 4.20. The number of para-hydroxylation sites is 1. The number of urea groups is 1. The van der Waals surface area contributed by atoms with Gasteiger partial charge >= 0.3 is 12.6 Å². The molecule has 0 saturated heterocycles. The molecule has 3 amide bonds. The number of ether oxygens (including phenoxy) is 1. The number of alkyl halides is 2. The van der Waals surface area contributed by atoms with Crippen molar-refractivity contribution in [2.45, 2.75) is 20.1 Å². The zero-order chi connectivity index (χ0) is 22.4. The molecular formula is C21H18F3N3O4. The molecule has 0 aliphatic rings. The molecule has 1 aromatic heterocycles. The average molecular weight is 433 g/mol. The molecule has 0 atom stereocenters. The summed E-state index contributed by atoms with van der Waals surface area (Å²) in [7, 11) is 0. The van der Waals surface area contributed by atoms with Gasteiger partial charge < -0.3 is 25.1 Å². The molecular weight excluding hydrogens is 415 g/mol. The Morgan fingerprint density at radius 2 is 1.87 bits per heavy atom. The summed E-state index contributed by atoms with van der Waals surface area (Å²) in [5.41, 5.74) is 0.662. The maximum absolute atomic E-state index is 14.1. The second-order valence-electron chi connectivity index (χ2n) is 6.33. The minimum atomic E-state index is -2.99. The summed E-state index contributed by atoms with van der Waals surface area (Å²) in [6.07, 6.45) is 1.34. The Morgan fingerprint density at radius 1 is 1.10 bits per heavy atom. The summed E-state index contributed by atoms with van der Waals surface area (Å²) in [5, 5.41) is 7.40. The van der Waals surface area contributed by atoms with Crippen molar-refractivity contribution in [2.24, 2.45) is 0 Å². The van der Waals surface area contributed by atoms with Crippen LogP contribution in [-0.2, 0) is 6.54 Å². The van der Waals surface area contributed by atoms with Gasteiger partial charge in [-0.3, -0.25) is 4.79 Å². The molecule has 7 nitrogen and oxygen atoms in total. The van der Waals surface area contributed by atoms with Crippen molar-refractivity contribution in [3.63, 3.8) is 0 Å². The van der Waals surface area contributed by atoms with Gasteiger partial charge in [-0.1, -0.05) is 18.2 Å². The largest absolute Gasteiger partial charge is 0.469 e. The fourth-order valence-electron chi connectivity index (χ4n) is 2.72. The van der Waals surface area contributed by atoms with E-state index >= 15 is 0 Å². The molecule has 0 fully saturated rings. The number of carbonyl (C=O) groups excluding carboxylic acids is 2. The first-order valence-corrected chi connectivity index (χ1v) is 9.06. The van der Waals surface area contributed by atoms with Crippen LogP contribution in [0.2, 0.25) is 0 Å². The minimum absolute atomic E-state index is 0.0564. The Labute approximate surface area is 175 Å². The molecule has 0 unspecified atom stereocenters. The summed E-state index contributed by atoms with van der Waals surface area (Å²) < 4.78 is 48.5. The Kier molecular flexibility index (Phi) is 6.81. The summed E-state index contributed by atoms with van der Waals surface area (Å²) in [6, 6.07) is 10.5. The van der Waals surface area contributed by atoms with E-state index in [9.17, 15) is 22.8 Å². The first-order valence-electron chi connectivity index (χ1n) is 9.06. The van der Waals surface area contributed by atoms with E-state index in [-0.39, 0.29) is 29.2 Å². The molecule has 31 heavy (non-hydrogen) atoms. The highest BCUT2D eigenvalue weighted by atomic mass is 19.3. The Bertz CT molecular complexity index is 1090. The van der Waals surface area contributed by atoms with Gasteiger partial charge in [-0.25, -0.2) is 9.18 Å². The fraction of sp³-hybridized carbons (Fsp3) is 0.143.